The lowest BCUT2D eigenvalue weighted by Gasteiger charge is -2.35. The smallest absolute Gasteiger partial charge is 0.0603 e. The first-order valence-corrected chi connectivity index (χ1v) is 21.6. The maximum absolute atomic E-state index is 2.50. The number of benzene rings is 9. The Morgan fingerprint density at radius 3 is 1.34 bits per heavy atom. The third kappa shape index (κ3) is 4.89. The zero-order valence-corrected chi connectivity index (χ0v) is 33.3. The van der Waals surface area contributed by atoms with Crippen molar-refractivity contribution in [2.45, 2.75) is 9.79 Å². The SMILES string of the molecule is c1ccc(N2c3ccc(-n4c5ccccc5c5ccccc54)cc3Sc3cc(-n4c5ccccc5c5ccccc54)ccc32)c(-c2ccc3sc4ccccc4c3c2)c1. The molecule has 0 radical (unpaired) electrons. The number of hydrogen-bond donors (Lipinski definition) is 0. The van der Waals surface area contributed by atoms with Gasteiger partial charge < -0.3 is 14.0 Å². The predicted molar refractivity (Wildman–Crippen MR) is 252 cm³/mol. The molecular weight excluding hydrogens is 755 g/mol. The molecule has 13 rings (SSSR count). The molecule has 0 fully saturated rings. The van der Waals surface area contributed by atoms with Crippen molar-refractivity contribution in [2.75, 3.05) is 4.90 Å². The minimum atomic E-state index is 1.15. The van der Waals surface area contributed by atoms with Gasteiger partial charge in [-0.25, -0.2) is 0 Å². The zero-order valence-electron chi connectivity index (χ0n) is 31.7. The van der Waals surface area contributed by atoms with E-state index in [2.05, 4.69) is 214 Å². The van der Waals surface area contributed by atoms with Gasteiger partial charge in [-0.15, -0.1) is 11.3 Å². The lowest BCUT2D eigenvalue weighted by atomic mass is 9.99. The van der Waals surface area contributed by atoms with Crippen molar-refractivity contribution in [3.63, 3.8) is 0 Å². The molecular formula is C54H33N3S2. The lowest BCUT2D eigenvalue weighted by molar-refractivity contribution is 1.11. The highest BCUT2D eigenvalue weighted by Crippen LogP contribution is 2.55. The molecule has 4 heterocycles. The van der Waals surface area contributed by atoms with Crippen LogP contribution in [0.5, 0.6) is 0 Å². The molecule has 1 aliphatic rings. The number of aromatic nitrogens is 2. The van der Waals surface area contributed by atoms with Crippen LogP contribution in [0.2, 0.25) is 0 Å². The van der Waals surface area contributed by atoms with E-state index in [-0.39, 0.29) is 0 Å². The van der Waals surface area contributed by atoms with E-state index in [4.69, 9.17) is 0 Å². The topological polar surface area (TPSA) is 13.1 Å². The number of hydrogen-bond acceptors (Lipinski definition) is 3. The third-order valence-electron chi connectivity index (χ3n) is 12.1. The molecule has 12 aromatic rings. The Morgan fingerprint density at radius 2 is 0.780 bits per heavy atom. The highest BCUT2D eigenvalue weighted by atomic mass is 32.2. The van der Waals surface area contributed by atoms with Gasteiger partial charge in [-0.1, -0.05) is 127 Å². The van der Waals surface area contributed by atoms with Crippen LogP contribution in [0, 0.1) is 0 Å². The summed E-state index contributed by atoms with van der Waals surface area (Å²) in [6, 6.07) is 73.8. The van der Waals surface area contributed by atoms with Gasteiger partial charge in [0.05, 0.1) is 39.1 Å². The highest BCUT2D eigenvalue weighted by molar-refractivity contribution is 7.99. The summed E-state index contributed by atoms with van der Waals surface area (Å²) >= 11 is 3.73. The molecule has 0 amide bonds. The van der Waals surface area contributed by atoms with Crippen LogP contribution in [0.4, 0.5) is 17.1 Å². The maximum atomic E-state index is 2.50. The number of nitrogens with zero attached hydrogens (tertiary/aromatic N) is 3. The Morgan fingerprint density at radius 1 is 0.322 bits per heavy atom. The average molecular weight is 788 g/mol. The van der Waals surface area contributed by atoms with Crippen LogP contribution in [-0.4, -0.2) is 9.13 Å². The Kier molecular flexibility index (Phi) is 7.11. The van der Waals surface area contributed by atoms with Gasteiger partial charge >= 0.3 is 0 Å². The number of fused-ring (bicyclic) bond motifs is 11. The molecule has 0 N–H and O–H groups in total. The fourth-order valence-corrected chi connectivity index (χ4v) is 11.7. The van der Waals surface area contributed by atoms with Gasteiger partial charge in [0.1, 0.15) is 0 Å². The fraction of sp³-hybridized carbons (Fsp3) is 0. The van der Waals surface area contributed by atoms with E-state index < -0.39 is 0 Å². The zero-order chi connectivity index (χ0) is 38.6. The van der Waals surface area contributed by atoms with Crippen molar-refractivity contribution in [2.24, 2.45) is 0 Å². The fourth-order valence-electron chi connectivity index (χ4n) is 9.53. The molecule has 276 valence electrons. The van der Waals surface area contributed by atoms with Gasteiger partial charge in [0.15, 0.2) is 0 Å². The quantitative estimate of drug-likeness (QED) is 0.176. The van der Waals surface area contributed by atoms with Gasteiger partial charge in [0.25, 0.3) is 0 Å². The van der Waals surface area contributed by atoms with Crippen LogP contribution in [0.25, 0.3) is 86.3 Å². The van der Waals surface area contributed by atoms with Crippen LogP contribution in [0.1, 0.15) is 0 Å². The lowest BCUT2D eigenvalue weighted by Crippen LogP contribution is -2.16. The van der Waals surface area contributed by atoms with Gasteiger partial charge in [-0.3, -0.25) is 0 Å². The van der Waals surface area contributed by atoms with Crippen LogP contribution >= 0.6 is 23.1 Å². The van der Waals surface area contributed by atoms with Crippen molar-refractivity contribution in [3.05, 3.63) is 200 Å². The number of anilines is 3. The van der Waals surface area contributed by atoms with Gasteiger partial charge in [-0.05, 0) is 90.5 Å². The molecule has 0 spiro atoms. The van der Waals surface area contributed by atoms with Crippen molar-refractivity contribution in [3.8, 4) is 22.5 Å². The molecule has 5 heteroatoms. The molecule has 0 bridgehead atoms. The van der Waals surface area contributed by atoms with E-state index in [0.29, 0.717) is 0 Å². The Bertz CT molecular complexity index is 3410. The van der Waals surface area contributed by atoms with Crippen LogP contribution in [-0.2, 0) is 0 Å². The van der Waals surface area contributed by atoms with Gasteiger partial charge in [0, 0.05) is 68.4 Å². The molecule has 0 unspecified atom stereocenters. The molecule has 3 aromatic heterocycles. The first-order chi connectivity index (χ1) is 29.3. The van der Waals surface area contributed by atoms with E-state index in [9.17, 15) is 0 Å². The normalized spacial score (nSPS) is 12.6. The van der Waals surface area contributed by atoms with E-state index in [1.807, 2.05) is 23.1 Å². The molecule has 9 aromatic carbocycles. The average Bonchev–Trinajstić information content (AvgIpc) is 3.95. The van der Waals surface area contributed by atoms with Crippen molar-refractivity contribution >= 4 is 104 Å². The van der Waals surface area contributed by atoms with E-state index in [1.165, 1.54) is 96.1 Å². The largest absolute Gasteiger partial charge is 0.309 e. The second-order valence-corrected chi connectivity index (χ2v) is 17.5. The summed E-state index contributed by atoms with van der Waals surface area (Å²) in [6.45, 7) is 0. The molecule has 59 heavy (non-hydrogen) atoms. The van der Waals surface area contributed by atoms with Gasteiger partial charge in [0.2, 0.25) is 0 Å². The van der Waals surface area contributed by atoms with Crippen molar-refractivity contribution in [1.82, 2.24) is 9.13 Å². The standard InChI is InChI=1S/C54H33N3S2/c1-7-19-44(37(13-1)34-25-30-52-43(31-34)42-18-6-12-24-51(42)58-52)57-49-28-26-35(55-45-20-8-2-14-38(45)39-15-3-9-21-46(39)55)32-53(49)59-54-33-36(27-29-50(54)57)56-47-22-10-4-16-40(47)41-17-5-11-23-48(41)56/h1-33H. The molecule has 3 nitrogen and oxygen atoms in total. The maximum Gasteiger partial charge on any atom is 0.0603 e. The summed E-state index contributed by atoms with van der Waals surface area (Å²) in [6.07, 6.45) is 0. The van der Waals surface area contributed by atoms with Crippen molar-refractivity contribution < 1.29 is 0 Å². The summed E-state index contributed by atoms with van der Waals surface area (Å²) < 4.78 is 7.48. The summed E-state index contributed by atoms with van der Waals surface area (Å²) in [5.41, 5.74) is 13.1. The first kappa shape index (κ1) is 33.0. The molecule has 0 saturated carbocycles. The second kappa shape index (κ2) is 12.7. The summed E-state index contributed by atoms with van der Waals surface area (Å²) in [7, 11) is 0. The monoisotopic (exact) mass is 787 g/mol. The first-order valence-electron chi connectivity index (χ1n) is 20.0. The van der Waals surface area contributed by atoms with E-state index in [1.54, 1.807) is 0 Å². The van der Waals surface area contributed by atoms with E-state index in [0.717, 1.165) is 17.1 Å². The minimum Gasteiger partial charge on any atom is -0.309 e. The van der Waals surface area contributed by atoms with Crippen molar-refractivity contribution in [1.29, 1.82) is 0 Å². The number of para-hydroxylation sites is 5. The van der Waals surface area contributed by atoms with E-state index >= 15 is 0 Å². The highest BCUT2D eigenvalue weighted by Gasteiger charge is 2.29. The Labute approximate surface area is 348 Å². The number of thiophene rings is 1. The molecule has 0 atom stereocenters. The Hall–Kier alpha value is -7.05. The van der Waals surface area contributed by atoms with Crippen LogP contribution in [0.3, 0.4) is 0 Å². The van der Waals surface area contributed by atoms with Crippen LogP contribution in [0.15, 0.2) is 210 Å². The third-order valence-corrected chi connectivity index (χ3v) is 14.3. The predicted octanol–water partition coefficient (Wildman–Crippen LogP) is 15.9. The number of rotatable bonds is 4. The summed E-state index contributed by atoms with van der Waals surface area (Å²) in [5.74, 6) is 0. The molecule has 0 aliphatic carbocycles. The molecule has 0 saturated heterocycles. The van der Waals surface area contributed by atoms with Gasteiger partial charge in [-0.2, -0.15) is 0 Å². The van der Waals surface area contributed by atoms with Crippen LogP contribution < -0.4 is 4.90 Å². The minimum absolute atomic E-state index is 1.15. The second-order valence-electron chi connectivity index (χ2n) is 15.3. The summed E-state index contributed by atoms with van der Waals surface area (Å²) in [5, 5.41) is 7.67. The molecule has 1 aliphatic heterocycles. The summed E-state index contributed by atoms with van der Waals surface area (Å²) in [4.78, 5) is 4.92. The Balaban J connectivity index is 1.04.